The molecule has 0 bridgehead atoms. The van der Waals surface area contributed by atoms with Crippen LogP contribution >= 0.6 is 0 Å². The fourth-order valence-corrected chi connectivity index (χ4v) is 0.720. The highest BCUT2D eigenvalue weighted by molar-refractivity contribution is 6.01. The molecule has 0 saturated carbocycles. The van der Waals surface area contributed by atoms with Crippen LogP contribution in [0.15, 0.2) is 12.2 Å². The predicted molar refractivity (Wildman–Crippen MR) is 55.5 cm³/mol. The minimum atomic E-state index is -0.853. The van der Waals surface area contributed by atoms with Crippen LogP contribution in [0.5, 0.6) is 0 Å². The Morgan fingerprint density at radius 3 is 2.38 bits per heavy atom. The van der Waals surface area contributed by atoms with E-state index in [0.717, 1.165) is 12.2 Å². The summed E-state index contributed by atoms with van der Waals surface area (Å²) in [6.07, 6.45) is 0.663. The molecule has 2 amide bonds. The van der Waals surface area contributed by atoms with Crippen molar-refractivity contribution >= 4 is 18.0 Å². The summed E-state index contributed by atoms with van der Waals surface area (Å²) >= 11 is 0. The maximum absolute atomic E-state index is 11.0. The Hall–Kier alpha value is -1.85. The van der Waals surface area contributed by atoms with E-state index in [2.05, 4.69) is 9.47 Å². The van der Waals surface area contributed by atoms with Gasteiger partial charge in [-0.3, -0.25) is 10.1 Å². The summed E-state index contributed by atoms with van der Waals surface area (Å²) in [6.45, 7) is 5.17. The predicted octanol–water partition coefficient (Wildman–Crippen LogP) is 0.767. The van der Waals surface area contributed by atoms with Crippen molar-refractivity contribution in [2.24, 2.45) is 0 Å². The average molecular weight is 229 g/mol. The van der Waals surface area contributed by atoms with Crippen molar-refractivity contribution in [3.63, 3.8) is 0 Å². The van der Waals surface area contributed by atoms with E-state index in [1.54, 1.807) is 20.8 Å². The molecule has 0 aromatic carbocycles. The van der Waals surface area contributed by atoms with Gasteiger partial charge in [0.1, 0.15) is 0 Å². The molecule has 0 unspecified atom stereocenters. The van der Waals surface area contributed by atoms with Crippen LogP contribution < -0.4 is 5.32 Å². The number of esters is 1. The fourth-order valence-electron chi connectivity index (χ4n) is 0.720. The second-order valence-corrected chi connectivity index (χ2v) is 3.03. The minimum absolute atomic E-state index is 0.222. The van der Waals surface area contributed by atoms with Crippen LogP contribution in [0.3, 0.4) is 0 Å². The van der Waals surface area contributed by atoms with E-state index in [0.29, 0.717) is 0 Å². The normalized spacial score (nSPS) is 10.2. The van der Waals surface area contributed by atoms with Gasteiger partial charge in [0.15, 0.2) is 0 Å². The summed E-state index contributed by atoms with van der Waals surface area (Å²) in [5.74, 6) is -1.38. The van der Waals surface area contributed by atoms with Crippen molar-refractivity contribution < 1.29 is 23.9 Å². The molecule has 0 rings (SSSR count). The van der Waals surface area contributed by atoms with Gasteiger partial charge in [0, 0.05) is 12.2 Å². The average Bonchev–Trinajstić information content (AvgIpc) is 2.13. The molecule has 0 heterocycles. The van der Waals surface area contributed by atoms with Crippen molar-refractivity contribution in [3.8, 4) is 0 Å². The number of rotatable bonds is 4. The van der Waals surface area contributed by atoms with Gasteiger partial charge in [-0.05, 0) is 20.8 Å². The number of alkyl carbamates (subject to hydrolysis) is 1. The highest BCUT2D eigenvalue weighted by Crippen LogP contribution is 1.88. The zero-order chi connectivity index (χ0) is 12.6. The molecule has 1 N–H and O–H groups in total. The van der Waals surface area contributed by atoms with Gasteiger partial charge < -0.3 is 9.47 Å². The van der Waals surface area contributed by atoms with Gasteiger partial charge in [-0.2, -0.15) is 0 Å². The molecule has 0 aromatic rings. The Morgan fingerprint density at radius 1 is 1.25 bits per heavy atom. The summed E-state index contributed by atoms with van der Waals surface area (Å²) in [7, 11) is 0. The molecular formula is C10H15NO5. The highest BCUT2D eigenvalue weighted by atomic mass is 16.6. The Labute approximate surface area is 93.6 Å². The molecule has 0 fully saturated rings. The second kappa shape index (κ2) is 7.44. The Kier molecular flexibility index (Phi) is 6.58. The topological polar surface area (TPSA) is 81.7 Å². The Morgan fingerprint density at radius 2 is 1.88 bits per heavy atom. The lowest BCUT2D eigenvalue weighted by atomic mass is 10.4. The molecule has 0 radical (unpaired) electrons. The fraction of sp³-hybridized carbons (Fsp3) is 0.500. The summed E-state index contributed by atoms with van der Waals surface area (Å²) in [5.41, 5.74) is 0. The standard InChI is InChI=1S/C10H15NO5/c1-4-15-9(13)6-5-8(12)11-10(14)16-7(2)3/h5-7H,4H2,1-3H3,(H,11,12,14)/b6-5+. The lowest BCUT2D eigenvalue weighted by Gasteiger charge is -2.06. The van der Waals surface area contributed by atoms with E-state index < -0.39 is 18.0 Å². The largest absolute Gasteiger partial charge is 0.463 e. The van der Waals surface area contributed by atoms with E-state index in [9.17, 15) is 14.4 Å². The SMILES string of the molecule is CCOC(=O)/C=C/C(=O)NC(=O)OC(C)C. The van der Waals surface area contributed by atoms with Crippen LogP contribution in [0.1, 0.15) is 20.8 Å². The third kappa shape index (κ3) is 7.54. The van der Waals surface area contributed by atoms with Gasteiger partial charge in [0.05, 0.1) is 12.7 Å². The van der Waals surface area contributed by atoms with Gasteiger partial charge in [0.25, 0.3) is 5.91 Å². The van der Waals surface area contributed by atoms with Crippen LogP contribution in [-0.4, -0.2) is 30.7 Å². The van der Waals surface area contributed by atoms with Gasteiger partial charge in [0.2, 0.25) is 0 Å². The number of imide groups is 1. The number of carbonyl (C=O) groups is 3. The first kappa shape index (κ1) is 14.2. The smallest absolute Gasteiger partial charge is 0.414 e. The first-order valence-corrected chi connectivity index (χ1v) is 4.82. The minimum Gasteiger partial charge on any atom is -0.463 e. The summed E-state index contributed by atoms with van der Waals surface area (Å²) in [6, 6.07) is 0. The molecule has 0 aliphatic rings. The first-order chi connectivity index (χ1) is 7.45. The van der Waals surface area contributed by atoms with Gasteiger partial charge in [-0.25, -0.2) is 9.59 Å². The lowest BCUT2D eigenvalue weighted by molar-refractivity contribution is -0.137. The van der Waals surface area contributed by atoms with Crippen LogP contribution in [0.2, 0.25) is 0 Å². The maximum atomic E-state index is 11.0. The van der Waals surface area contributed by atoms with Crippen LogP contribution in [0, 0.1) is 0 Å². The second-order valence-electron chi connectivity index (χ2n) is 3.03. The first-order valence-electron chi connectivity index (χ1n) is 4.82. The van der Waals surface area contributed by atoms with Crippen molar-refractivity contribution in [1.29, 1.82) is 0 Å². The third-order valence-electron chi connectivity index (χ3n) is 1.23. The number of hydrogen-bond donors (Lipinski definition) is 1. The summed E-state index contributed by atoms with van der Waals surface area (Å²) in [4.78, 5) is 32.8. The van der Waals surface area contributed by atoms with Crippen molar-refractivity contribution in [2.45, 2.75) is 26.9 Å². The summed E-state index contributed by atoms with van der Waals surface area (Å²) < 4.78 is 9.19. The third-order valence-corrected chi connectivity index (χ3v) is 1.23. The maximum Gasteiger partial charge on any atom is 0.414 e. The van der Waals surface area contributed by atoms with E-state index in [1.165, 1.54) is 0 Å². The monoisotopic (exact) mass is 229 g/mol. The molecule has 16 heavy (non-hydrogen) atoms. The zero-order valence-electron chi connectivity index (χ0n) is 9.48. The molecule has 0 aliphatic heterocycles. The zero-order valence-corrected chi connectivity index (χ0v) is 9.48. The molecule has 0 saturated heterocycles. The van der Waals surface area contributed by atoms with E-state index in [-0.39, 0.29) is 12.7 Å². The number of amides is 2. The van der Waals surface area contributed by atoms with Gasteiger partial charge in [-0.15, -0.1) is 0 Å². The quantitative estimate of drug-likeness (QED) is 0.568. The van der Waals surface area contributed by atoms with Crippen molar-refractivity contribution in [2.75, 3.05) is 6.61 Å². The molecule has 6 heteroatoms. The van der Waals surface area contributed by atoms with Crippen molar-refractivity contribution in [3.05, 3.63) is 12.2 Å². The van der Waals surface area contributed by atoms with Crippen LogP contribution in [0.4, 0.5) is 4.79 Å². The van der Waals surface area contributed by atoms with Gasteiger partial charge >= 0.3 is 12.1 Å². The molecule has 0 aliphatic carbocycles. The molecule has 0 aromatic heterocycles. The van der Waals surface area contributed by atoms with Crippen LogP contribution in [0.25, 0.3) is 0 Å². The number of carbonyl (C=O) groups excluding carboxylic acids is 3. The molecule has 6 nitrogen and oxygen atoms in total. The molecular weight excluding hydrogens is 214 g/mol. The van der Waals surface area contributed by atoms with Crippen molar-refractivity contribution in [1.82, 2.24) is 5.32 Å². The van der Waals surface area contributed by atoms with E-state index >= 15 is 0 Å². The van der Waals surface area contributed by atoms with E-state index in [4.69, 9.17) is 0 Å². The number of ether oxygens (including phenoxy) is 2. The Bertz CT molecular complexity index is 296. The number of nitrogens with one attached hydrogen (secondary N) is 1. The summed E-state index contributed by atoms with van der Waals surface area (Å²) in [5, 5.41) is 1.91. The Balaban J connectivity index is 3.99. The van der Waals surface area contributed by atoms with Crippen LogP contribution in [-0.2, 0) is 19.1 Å². The molecule has 90 valence electrons. The highest BCUT2D eigenvalue weighted by Gasteiger charge is 2.07. The molecule has 0 atom stereocenters. The lowest BCUT2D eigenvalue weighted by Crippen LogP contribution is -2.31. The molecule has 0 spiro atoms. The van der Waals surface area contributed by atoms with Gasteiger partial charge in [-0.1, -0.05) is 0 Å². The van der Waals surface area contributed by atoms with E-state index in [1.807, 2.05) is 5.32 Å². The number of hydrogen-bond acceptors (Lipinski definition) is 5.